The molecule has 0 bridgehead atoms. The fourth-order valence-electron chi connectivity index (χ4n) is 1.29. The van der Waals surface area contributed by atoms with Crippen LogP contribution < -0.4 is 5.84 Å². The molecule has 0 atom stereocenters. The molecule has 3 nitrogen and oxygen atoms in total. The van der Waals surface area contributed by atoms with E-state index >= 15 is 0 Å². The van der Waals surface area contributed by atoms with Gasteiger partial charge >= 0.3 is 0 Å². The summed E-state index contributed by atoms with van der Waals surface area (Å²) in [6.45, 7) is 1.70. The van der Waals surface area contributed by atoms with Gasteiger partial charge < -0.3 is 0 Å². The van der Waals surface area contributed by atoms with Gasteiger partial charge in [0, 0.05) is 13.5 Å². The maximum absolute atomic E-state index is 12.9. The minimum absolute atomic E-state index is 0.128. The number of hydrazine groups is 1. The first-order valence-electron chi connectivity index (χ1n) is 4.77. The van der Waals surface area contributed by atoms with Gasteiger partial charge in [-0.2, -0.15) is 0 Å². The Morgan fingerprint density at radius 1 is 1.53 bits per heavy atom. The maximum atomic E-state index is 12.9. The molecule has 0 spiro atoms. The number of aryl methyl sites for hydroxylation is 2. The Morgan fingerprint density at radius 3 is 2.73 bits per heavy atom. The number of hydrogen-bond acceptors (Lipinski definition) is 2. The van der Waals surface area contributed by atoms with Crippen molar-refractivity contribution in [1.29, 1.82) is 0 Å². The average molecular weight is 210 g/mol. The van der Waals surface area contributed by atoms with Crippen molar-refractivity contribution >= 4 is 5.91 Å². The van der Waals surface area contributed by atoms with Crippen LogP contribution >= 0.6 is 0 Å². The second-order valence-corrected chi connectivity index (χ2v) is 3.59. The van der Waals surface area contributed by atoms with E-state index in [2.05, 4.69) is 0 Å². The quantitative estimate of drug-likeness (QED) is 0.465. The van der Waals surface area contributed by atoms with Gasteiger partial charge in [-0.1, -0.05) is 12.1 Å². The van der Waals surface area contributed by atoms with E-state index in [0.717, 1.165) is 10.6 Å². The lowest BCUT2D eigenvalue weighted by atomic mass is 10.1. The third kappa shape index (κ3) is 3.32. The van der Waals surface area contributed by atoms with E-state index in [1.54, 1.807) is 19.1 Å². The Kier molecular flexibility index (Phi) is 3.80. The number of nitrogens with two attached hydrogens (primary N) is 1. The first-order chi connectivity index (χ1) is 7.00. The van der Waals surface area contributed by atoms with Crippen LogP contribution in [0.5, 0.6) is 0 Å². The molecule has 1 rings (SSSR count). The van der Waals surface area contributed by atoms with Crippen LogP contribution in [0.1, 0.15) is 17.5 Å². The average Bonchev–Trinajstić information content (AvgIpc) is 2.19. The lowest BCUT2D eigenvalue weighted by molar-refractivity contribution is -0.130. The summed E-state index contributed by atoms with van der Waals surface area (Å²) in [6.07, 6.45) is 0.930. The molecule has 0 fully saturated rings. The van der Waals surface area contributed by atoms with Gasteiger partial charge in [0.1, 0.15) is 5.82 Å². The van der Waals surface area contributed by atoms with Crippen LogP contribution in [0.4, 0.5) is 4.39 Å². The van der Waals surface area contributed by atoms with E-state index in [1.165, 1.54) is 13.1 Å². The van der Waals surface area contributed by atoms with Gasteiger partial charge in [0.15, 0.2) is 0 Å². The van der Waals surface area contributed by atoms with Gasteiger partial charge in [-0.25, -0.2) is 10.2 Å². The third-order valence-electron chi connectivity index (χ3n) is 2.24. The molecule has 0 heterocycles. The summed E-state index contributed by atoms with van der Waals surface area (Å²) in [5.41, 5.74) is 1.55. The van der Waals surface area contributed by atoms with Crippen LogP contribution in [0.2, 0.25) is 0 Å². The summed E-state index contributed by atoms with van der Waals surface area (Å²) in [5, 5.41) is 1.07. The van der Waals surface area contributed by atoms with E-state index in [4.69, 9.17) is 5.84 Å². The van der Waals surface area contributed by atoms with E-state index in [9.17, 15) is 9.18 Å². The van der Waals surface area contributed by atoms with Gasteiger partial charge in [0.2, 0.25) is 5.91 Å². The molecule has 4 heteroatoms. The lowest BCUT2D eigenvalue weighted by Crippen LogP contribution is -2.33. The SMILES string of the molecule is Cc1cc(CCC(=O)N(C)N)ccc1F. The summed E-state index contributed by atoms with van der Waals surface area (Å²) in [7, 11) is 1.51. The van der Waals surface area contributed by atoms with Crippen LogP contribution in [-0.2, 0) is 11.2 Å². The van der Waals surface area contributed by atoms with Crippen LogP contribution in [0.15, 0.2) is 18.2 Å². The number of rotatable bonds is 3. The highest BCUT2D eigenvalue weighted by Gasteiger charge is 2.05. The number of carbonyl (C=O) groups excluding carboxylic acids is 1. The molecule has 0 aromatic heterocycles. The molecule has 1 aromatic rings. The van der Waals surface area contributed by atoms with Crippen molar-refractivity contribution in [3.05, 3.63) is 35.1 Å². The normalized spacial score (nSPS) is 10.1. The molecular formula is C11H15FN2O. The number of hydrogen-bond donors (Lipinski definition) is 1. The Hall–Kier alpha value is -1.42. The van der Waals surface area contributed by atoms with Gasteiger partial charge in [-0.3, -0.25) is 9.80 Å². The van der Waals surface area contributed by atoms with Crippen molar-refractivity contribution in [3.63, 3.8) is 0 Å². The Labute approximate surface area is 88.7 Å². The molecule has 1 aromatic carbocycles. The summed E-state index contributed by atoms with van der Waals surface area (Å²) < 4.78 is 12.9. The maximum Gasteiger partial charge on any atom is 0.236 e. The van der Waals surface area contributed by atoms with Crippen molar-refractivity contribution in [2.24, 2.45) is 5.84 Å². The lowest BCUT2D eigenvalue weighted by Gasteiger charge is -2.09. The number of halogens is 1. The van der Waals surface area contributed by atoms with Crippen molar-refractivity contribution < 1.29 is 9.18 Å². The minimum atomic E-state index is -0.221. The second-order valence-electron chi connectivity index (χ2n) is 3.59. The zero-order valence-electron chi connectivity index (χ0n) is 8.96. The number of benzene rings is 1. The summed E-state index contributed by atoms with van der Waals surface area (Å²) in [6, 6.07) is 4.85. The molecule has 0 saturated carbocycles. The summed E-state index contributed by atoms with van der Waals surface area (Å²) in [4.78, 5) is 11.2. The molecule has 0 aliphatic rings. The van der Waals surface area contributed by atoms with Gasteiger partial charge in [-0.15, -0.1) is 0 Å². The zero-order chi connectivity index (χ0) is 11.4. The molecule has 0 saturated heterocycles. The number of nitrogens with zero attached hydrogens (tertiary/aromatic N) is 1. The smallest absolute Gasteiger partial charge is 0.236 e. The fourth-order valence-corrected chi connectivity index (χ4v) is 1.29. The first kappa shape index (κ1) is 11.7. The van der Waals surface area contributed by atoms with Crippen molar-refractivity contribution in [2.45, 2.75) is 19.8 Å². The number of carbonyl (C=O) groups is 1. The van der Waals surface area contributed by atoms with Crippen molar-refractivity contribution in [3.8, 4) is 0 Å². The second kappa shape index (κ2) is 4.89. The molecule has 0 radical (unpaired) electrons. The molecule has 82 valence electrons. The molecular weight excluding hydrogens is 195 g/mol. The highest BCUT2D eigenvalue weighted by Crippen LogP contribution is 2.11. The van der Waals surface area contributed by atoms with Crippen LogP contribution in [0, 0.1) is 12.7 Å². The van der Waals surface area contributed by atoms with Crippen LogP contribution in [0.25, 0.3) is 0 Å². The molecule has 0 unspecified atom stereocenters. The van der Waals surface area contributed by atoms with Gasteiger partial charge in [-0.05, 0) is 30.5 Å². The molecule has 0 aliphatic heterocycles. The predicted octanol–water partition coefficient (Wildman–Crippen LogP) is 1.40. The van der Waals surface area contributed by atoms with E-state index in [-0.39, 0.29) is 11.7 Å². The van der Waals surface area contributed by atoms with Crippen molar-refractivity contribution in [2.75, 3.05) is 7.05 Å². The number of amides is 1. The van der Waals surface area contributed by atoms with E-state index < -0.39 is 0 Å². The van der Waals surface area contributed by atoms with Gasteiger partial charge in [0.25, 0.3) is 0 Å². The fraction of sp³-hybridized carbons (Fsp3) is 0.364. The Balaban J connectivity index is 2.58. The predicted molar refractivity (Wildman–Crippen MR) is 56.4 cm³/mol. The standard InChI is InChI=1S/C11H15FN2O/c1-8-7-9(3-5-10(8)12)4-6-11(15)14(2)13/h3,5,7H,4,6,13H2,1-2H3. The van der Waals surface area contributed by atoms with Crippen LogP contribution in [0.3, 0.4) is 0 Å². The molecule has 1 amide bonds. The summed E-state index contributed by atoms with van der Waals surface area (Å²) >= 11 is 0. The first-order valence-corrected chi connectivity index (χ1v) is 4.77. The van der Waals surface area contributed by atoms with Gasteiger partial charge in [0.05, 0.1) is 0 Å². The monoisotopic (exact) mass is 210 g/mol. The molecule has 0 aliphatic carbocycles. The Bertz CT molecular complexity index is 364. The Morgan fingerprint density at radius 2 is 2.20 bits per heavy atom. The highest BCUT2D eigenvalue weighted by molar-refractivity contribution is 5.75. The van der Waals surface area contributed by atoms with Crippen LogP contribution in [-0.4, -0.2) is 18.0 Å². The van der Waals surface area contributed by atoms with E-state index in [0.29, 0.717) is 18.4 Å². The molecule has 2 N–H and O–H groups in total. The van der Waals surface area contributed by atoms with Crippen molar-refractivity contribution in [1.82, 2.24) is 5.01 Å². The highest BCUT2D eigenvalue weighted by atomic mass is 19.1. The largest absolute Gasteiger partial charge is 0.284 e. The third-order valence-corrected chi connectivity index (χ3v) is 2.24. The zero-order valence-corrected chi connectivity index (χ0v) is 8.96. The summed E-state index contributed by atoms with van der Waals surface area (Å²) in [5.74, 6) is 4.93. The van der Waals surface area contributed by atoms with E-state index in [1.807, 2.05) is 0 Å². The topological polar surface area (TPSA) is 46.3 Å². The molecule has 15 heavy (non-hydrogen) atoms. The minimum Gasteiger partial charge on any atom is -0.284 e.